The van der Waals surface area contributed by atoms with Crippen molar-refractivity contribution in [1.82, 2.24) is 0 Å². The minimum atomic E-state index is -0.266. The maximum absolute atomic E-state index is 11.3. The second kappa shape index (κ2) is 4.55. The van der Waals surface area contributed by atoms with E-state index in [0.717, 1.165) is 34.6 Å². The van der Waals surface area contributed by atoms with Gasteiger partial charge in [0.1, 0.15) is 5.76 Å². The van der Waals surface area contributed by atoms with Crippen molar-refractivity contribution in [3.05, 3.63) is 53.0 Å². The summed E-state index contributed by atoms with van der Waals surface area (Å²) in [6, 6.07) is 7.56. The van der Waals surface area contributed by atoms with Crippen LogP contribution < -0.4 is 11.1 Å². The first-order chi connectivity index (χ1) is 9.15. The van der Waals surface area contributed by atoms with Gasteiger partial charge in [-0.2, -0.15) is 0 Å². The minimum absolute atomic E-state index is 0.0754. The summed E-state index contributed by atoms with van der Waals surface area (Å²) < 4.78 is 5.45. The van der Waals surface area contributed by atoms with E-state index in [1.54, 1.807) is 6.26 Å². The lowest BCUT2D eigenvalue weighted by Crippen LogP contribution is -2.20. The van der Waals surface area contributed by atoms with Crippen LogP contribution in [0.1, 0.15) is 34.9 Å². The number of nitrogens with two attached hydrogens (primary N) is 1. The van der Waals surface area contributed by atoms with Crippen molar-refractivity contribution in [2.24, 2.45) is 5.73 Å². The second-order valence-corrected chi connectivity index (χ2v) is 4.91. The molecule has 1 aliphatic heterocycles. The Hall–Kier alpha value is -2.07. The predicted octanol–water partition coefficient (Wildman–Crippen LogP) is 2.52. The summed E-state index contributed by atoms with van der Waals surface area (Å²) in [7, 11) is 0. The number of benzene rings is 1. The number of nitrogens with one attached hydrogen (secondary N) is 1. The molecule has 1 aromatic heterocycles. The third-order valence-corrected chi connectivity index (χ3v) is 3.57. The molecule has 2 aromatic rings. The monoisotopic (exact) mass is 256 g/mol. The van der Waals surface area contributed by atoms with Gasteiger partial charge in [0.25, 0.3) is 0 Å². The topological polar surface area (TPSA) is 68.3 Å². The number of anilines is 1. The van der Waals surface area contributed by atoms with Gasteiger partial charge in [-0.3, -0.25) is 4.79 Å². The number of carbonyl (C=O) groups excluding carboxylic acids is 1. The third-order valence-electron chi connectivity index (χ3n) is 3.57. The predicted molar refractivity (Wildman–Crippen MR) is 72.9 cm³/mol. The zero-order chi connectivity index (χ0) is 13.4. The van der Waals surface area contributed by atoms with Crippen LogP contribution in [0.4, 0.5) is 5.69 Å². The largest absolute Gasteiger partial charge is 0.467 e. The van der Waals surface area contributed by atoms with E-state index in [9.17, 15) is 4.79 Å². The molecule has 0 bridgehead atoms. The molecule has 3 rings (SSSR count). The van der Waals surface area contributed by atoms with Crippen molar-refractivity contribution in [3.63, 3.8) is 0 Å². The van der Waals surface area contributed by atoms with Gasteiger partial charge >= 0.3 is 0 Å². The summed E-state index contributed by atoms with van der Waals surface area (Å²) in [5.74, 6) is 0.867. The van der Waals surface area contributed by atoms with Gasteiger partial charge in [0.05, 0.1) is 12.3 Å². The Morgan fingerprint density at radius 1 is 1.32 bits per heavy atom. The summed E-state index contributed by atoms with van der Waals surface area (Å²) in [4.78, 5) is 11.3. The number of furan rings is 1. The minimum Gasteiger partial charge on any atom is -0.467 e. The van der Waals surface area contributed by atoms with Crippen LogP contribution in [0.25, 0.3) is 0 Å². The average molecular weight is 256 g/mol. The van der Waals surface area contributed by atoms with Gasteiger partial charge in [-0.25, -0.2) is 0 Å². The summed E-state index contributed by atoms with van der Waals surface area (Å²) in [6.07, 6.45) is 2.95. The molecule has 1 amide bonds. The quantitative estimate of drug-likeness (QED) is 0.867. The summed E-state index contributed by atoms with van der Waals surface area (Å²) in [5, 5.41) is 2.87. The highest BCUT2D eigenvalue weighted by atomic mass is 16.3. The van der Waals surface area contributed by atoms with E-state index in [0.29, 0.717) is 6.42 Å². The molecule has 0 spiro atoms. The Balaban J connectivity index is 1.94. The first-order valence-corrected chi connectivity index (χ1v) is 6.37. The van der Waals surface area contributed by atoms with E-state index in [1.165, 1.54) is 0 Å². The standard InChI is InChI=1S/C15H16N2O2/c1-9-6-7-19-15(9)14(16)11-2-4-12-10(8-11)3-5-13(18)17-12/h2,4,6-8,14H,3,5,16H2,1H3,(H,17,18). The van der Waals surface area contributed by atoms with E-state index in [4.69, 9.17) is 10.2 Å². The zero-order valence-corrected chi connectivity index (χ0v) is 10.8. The van der Waals surface area contributed by atoms with Crippen LogP contribution in [0.5, 0.6) is 0 Å². The number of amides is 1. The molecule has 19 heavy (non-hydrogen) atoms. The molecule has 4 heteroatoms. The molecule has 1 aromatic carbocycles. The van der Waals surface area contributed by atoms with Gasteiger partial charge < -0.3 is 15.5 Å². The van der Waals surface area contributed by atoms with Gasteiger partial charge in [0, 0.05) is 12.1 Å². The lowest BCUT2D eigenvalue weighted by molar-refractivity contribution is -0.116. The fourth-order valence-electron chi connectivity index (χ4n) is 2.45. The van der Waals surface area contributed by atoms with E-state index >= 15 is 0 Å². The Morgan fingerprint density at radius 3 is 2.89 bits per heavy atom. The molecule has 0 saturated heterocycles. The van der Waals surface area contributed by atoms with Crippen molar-refractivity contribution in [2.75, 3.05) is 5.32 Å². The van der Waals surface area contributed by atoms with Crippen molar-refractivity contribution in [3.8, 4) is 0 Å². The molecule has 3 N–H and O–H groups in total. The van der Waals surface area contributed by atoms with Crippen molar-refractivity contribution < 1.29 is 9.21 Å². The Labute approximate surface area is 111 Å². The molecular weight excluding hydrogens is 240 g/mol. The number of aryl methyl sites for hydroxylation is 2. The fraction of sp³-hybridized carbons (Fsp3) is 0.267. The SMILES string of the molecule is Cc1ccoc1C(N)c1ccc2c(c1)CCC(=O)N2. The third kappa shape index (κ3) is 2.15. The van der Waals surface area contributed by atoms with Crippen LogP contribution in [0.2, 0.25) is 0 Å². The summed E-state index contributed by atoms with van der Waals surface area (Å²) >= 11 is 0. The number of hydrogen-bond acceptors (Lipinski definition) is 3. The number of rotatable bonds is 2. The van der Waals surface area contributed by atoms with Crippen LogP contribution in [-0.2, 0) is 11.2 Å². The molecule has 1 atom stereocenters. The van der Waals surface area contributed by atoms with Crippen LogP contribution in [-0.4, -0.2) is 5.91 Å². The summed E-state index contributed by atoms with van der Waals surface area (Å²) in [6.45, 7) is 1.98. The Bertz CT molecular complexity index is 631. The first-order valence-electron chi connectivity index (χ1n) is 6.37. The molecule has 4 nitrogen and oxygen atoms in total. The van der Waals surface area contributed by atoms with Gasteiger partial charge in [-0.05, 0) is 42.2 Å². The van der Waals surface area contributed by atoms with Crippen molar-refractivity contribution in [2.45, 2.75) is 25.8 Å². The number of carbonyl (C=O) groups is 1. The Kier molecular flexibility index (Phi) is 2.87. The lowest BCUT2D eigenvalue weighted by atomic mass is 9.96. The van der Waals surface area contributed by atoms with E-state index in [2.05, 4.69) is 11.4 Å². The molecular formula is C15H16N2O2. The molecule has 0 fully saturated rings. The maximum atomic E-state index is 11.3. The summed E-state index contributed by atoms with van der Waals surface area (Å²) in [5.41, 5.74) is 10.3. The molecule has 0 radical (unpaired) electrons. The van der Waals surface area contributed by atoms with Crippen LogP contribution >= 0.6 is 0 Å². The molecule has 2 heterocycles. The normalized spacial score (nSPS) is 15.8. The van der Waals surface area contributed by atoms with Crippen LogP contribution in [0, 0.1) is 6.92 Å². The van der Waals surface area contributed by atoms with Crippen molar-refractivity contribution in [1.29, 1.82) is 0 Å². The van der Waals surface area contributed by atoms with E-state index in [-0.39, 0.29) is 11.9 Å². The fourth-order valence-corrected chi connectivity index (χ4v) is 2.45. The van der Waals surface area contributed by atoms with E-state index in [1.807, 2.05) is 25.1 Å². The number of fused-ring (bicyclic) bond motifs is 1. The highest BCUT2D eigenvalue weighted by molar-refractivity contribution is 5.93. The highest BCUT2D eigenvalue weighted by Crippen LogP contribution is 2.29. The lowest BCUT2D eigenvalue weighted by Gasteiger charge is -2.19. The highest BCUT2D eigenvalue weighted by Gasteiger charge is 2.19. The Morgan fingerprint density at radius 2 is 2.16 bits per heavy atom. The van der Waals surface area contributed by atoms with Gasteiger partial charge in [0.2, 0.25) is 5.91 Å². The smallest absolute Gasteiger partial charge is 0.224 e. The van der Waals surface area contributed by atoms with Crippen molar-refractivity contribution >= 4 is 11.6 Å². The molecule has 1 unspecified atom stereocenters. The maximum Gasteiger partial charge on any atom is 0.224 e. The van der Waals surface area contributed by atoms with Gasteiger partial charge in [-0.15, -0.1) is 0 Å². The average Bonchev–Trinajstić information content (AvgIpc) is 2.83. The van der Waals surface area contributed by atoms with Gasteiger partial charge in [-0.1, -0.05) is 12.1 Å². The van der Waals surface area contributed by atoms with Crippen LogP contribution in [0.15, 0.2) is 34.9 Å². The molecule has 1 aliphatic rings. The molecule has 0 saturated carbocycles. The number of hydrogen-bond donors (Lipinski definition) is 2. The molecule has 0 aliphatic carbocycles. The van der Waals surface area contributed by atoms with Gasteiger partial charge in [0.15, 0.2) is 0 Å². The van der Waals surface area contributed by atoms with E-state index < -0.39 is 0 Å². The van der Waals surface area contributed by atoms with Crippen LogP contribution in [0.3, 0.4) is 0 Å². The first kappa shape index (κ1) is 12.0. The second-order valence-electron chi connectivity index (χ2n) is 4.91. The molecule has 98 valence electrons. The zero-order valence-electron chi connectivity index (χ0n) is 10.8.